The summed E-state index contributed by atoms with van der Waals surface area (Å²) >= 11 is 0. The second-order valence-corrected chi connectivity index (χ2v) is 7.12. The van der Waals surface area contributed by atoms with Crippen LogP contribution in [0.15, 0.2) is 36.4 Å². The second-order valence-electron chi connectivity index (χ2n) is 7.12. The van der Waals surface area contributed by atoms with Crippen LogP contribution in [0.25, 0.3) is 44.0 Å². The van der Waals surface area contributed by atoms with E-state index in [9.17, 15) is 9.59 Å². The normalized spacial score (nSPS) is 14.2. The topological polar surface area (TPSA) is 104 Å². The van der Waals surface area contributed by atoms with E-state index >= 15 is 0 Å². The molecule has 8 nitrogen and oxygen atoms in total. The maximum absolute atomic E-state index is 12.6. The van der Waals surface area contributed by atoms with Crippen molar-refractivity contribution in [3.05, 3.63) is 42.0 Å². The highest BCUT2D eigenvalue weighted by molar-refractivity contribution is 6.18. The van der Waals surface area contributed by atoms with Crippen molar-refractivity contribution in [2.75, 3.05) is 18.6 Å². The fourth-order valence-corrected chi connectivity index (χ4v) is 4.15. The molecule has 0 fully saturated rings. The van der Waals surface area contributed by atoms with Crippen molar-refractivity contribution in [2.45, 2.75) is 6.42 Å². The van der Waals surface area contributed by atoms with E-state index in [1.165, 1.54) is 12.0 Å². The number of nitrogens with one attached hydrogen (secondary N) is 2. The molecule has 1 aliphatic heterocycles. The van der Waals surface area contributed by atoms with Crippen molar-refractivity contribution in [3.63, 3.8) is 0 Å². The minimum absolute atomic E-state index is 0.0299. The van der Waals surface area contributed by atoms with E-state index in [-0.39, 0.29) is 18.7 Å². The summed E-state index contributed by atoms with van der Waals surface area (Å²) in [6, 6.07) is 11.7. The summed E-state index contributed by atoms with van der Waals surface area (Å²) in [4.78, 5) is 42.3. The van der Waals surface area contributed by atoms with E-state index in [4.69, 9.17) is 9.72 Å². The Morgan fingerprint density at radius 3 is 2.79 bits per heavy atom. The Kier molecular flexibility index (Phi) is 3.07. The Bertz CT molecular complexity index is 1500. The van der Waals surface area contributed by atoms with Gasteiger partial charge in [-0.3, -0.25) is 9.69 Å². The van der Waals surface area contributed by atoms with Crippen LogP contribution in [0, 0.1) is 0 Å². The first-order valence-electron chi connectivity index (χ1n) is 9.26. The average Bonchev–Trinajstić information content (AvgIpc) is 3.28. The first kappa shape index (κ1) is 16.1. The standard InChI is InChI=1S/C21H15N5O3/c1-29-21(28)26-7-6-16(27)17-11-8-14-15(9-13(11)25-20(17)26)22-18-10-4-2-3-5-12(10)23-19(18)24-14/h2-5,8-9,22-23H,6-7H2,1H3. The molecule has 0 radical (unpaired) electrons. The predicted octanol–water partition coefficient (Wildman–Crippen LogP) is 3.90. The Hall–Kier alpha value is -3.94. The molecule has 0 unspecified atom stereocenters. The Morgan fingerprint density at radius 2 is 1.93 bits per heavy atom. The molecule has 6 rings (SSSR count). The number of nitrogens with zero attached hydrogens (tertiary/aromatic N) is 3. The minimum Gasteiger partial charge on any atom is -0.452 e. The van der Waals surface area contributed by atoms with Gasteiger partial charge >= 0.3 is 6.09 Å². The number of amides is 1. The first-order chi connectivity index (χ1) is 14.1. The van der Waals surface area contributed by atoms with Crippen LogP contribution in [0.2, 0.25) is 0 Å². The molecular weight excluding hydrogens is 370 g/mol. The van der Waals surface area contributed by atoms with Gasteiger partial charge in [0.1, 0.15) is 5.82 Å². The molecule has 3 aromatic heterocycles. The average molecular weight is 385 g/mol. The number of aromatic amines is 2. The van der Waals surface area contributed by atoms with Crippen molar-refractivity contribution in [2.24, 2.45) is 0 Å². The number of H-pyrrole nitrogens is 2. The van der Waals surface area contributed by atoms with E-state index in [1.54, 1.807) is 0 Å². The molecule has 0 saturated heterocycles. The summed E-state index contributed by atoms with van der Waals surface area (Å²) in [6.07, 6.45) is -0.280. The van der Waals surface area contributed by atoms with Crippen molar-refractivity contribution in [3.8, 4) is 0 Å². The van der Waals surface area contributed by atoms with Gasteiger partial charge in [-0.1, -0.05) is 18.2 Å². The van der Waals surface area contributed by atoms with Crippen LogP contribution in [-0.2, 0) is 4.74 Å². The largest absolute Gasteiger partial charge is 0.452 e. The number of rotatable bonds is 0. The third-order valence-corrected chi connectivity index (χ3v) is 5.50. The summed E-state index contributed by atoms with van der Waals surface area (Å²) in [7, 11) is 1.32. The number of aromatic nitrogens is 4. The molecule has 0 saturated carbocycles. The number of Topliss-reactive ketones (excluding diaryl/α,β-unsaturated/α-hetero) is 1. The minimum atomic E-state index is -0.518. The van der Waals surface area contributed by atoms with E-state index in [2.05, 4.69) is 15.0 Å². The van der Waals surface area contributed by atoms with Crippen LogP contribution < -0.4 is 4.90 Å². The maximum Gasteiger partial charge on any atom is 0.415 e. The Labute approximate surface area is 163 Å². The lowest BCUT2D eigenvalue weighted by molar-refractivity contribution is 0.0981. The van der Waals surface area contributed by atoms with Gasteiger partial charge in [0.25, 0.3) is 0 Å². The van der Waals surface area contributed by atoms with Gasteiger partial charge in [0.2, 0.25) is 0 Å². The third kappa shape index (κ3) is 2.13. The van der Waals surface area contributed by atoms with Crippen molar-refractivity contribution in [1.82, 2.24) is 19.9 Å². The highest BCUT2D eigenvalue weighted by atomic mass is 16.5. The van der Waals surface area contributed by atoms with Crippen LogP contribution in [0.4, 0.5) is 10.6 Å². The van der Waals surface area contributed by atoms with Crippen LogP contribution in [0.5, 0.6) is 0 Å². The first-order valence-corrected chi connectivity index (χ1v) is 9.26. The van der Waals surface area contributed by atoms with E-state index in [0.29, 0.717) is 22.3 Å². The fourth-order valence-electron chi connectivity index (χ4n) is 4.15. The van der Waals surface area contributed by atoms with Gasteiger partial charge < -0.3 is 14.7 Å². The molecule has 142 valence electrons. The lowest BCUT2D eigenvalue weighted by Crippen LogP contribution is -2.37. The van der Waals surface area contributed by atoms with Gasteiger partial charge in [-0.05, 0) is 18.2 Å². The van der Waals surface area contributed by atoms with Gasteiger partial charge in [0.15, 0.2) is 11.4 Å². The van der Waals surface area contributed by atoms with Crippen LogP contribution in [0.3, 0.4) is 0 Å². The van der Waals surface area contributed by atoms with E-state index < -0.39 is 6.09 Å². The van der Waals surface area contributed by atoms with Crippen LogP contribution >= 0.6 is 0 Å². The third-order valence-electron chi connectivity index (χ3n) is 5.50. The number of benzene rings is 2. The van der Waals surface area contributed by atoms with Crippen molar-refractivity contribution < 1.29 is 14.3 Å². The van der Waals surface area contributed by atoms with Crippen LogP contribution in [-0.4, -0.2) is 45.5 Å². The highest BCUT2D eigenvalue weighted by Crippen LogP contribution is 2.36. The molecule has 1 amide bonds. The van der Waals surface area contributed by atoms with Gasteiger partial charge in [0.05, 0.1) is 34.7 Å². The summed E-state index contributed by atoms with van der Waals surface area (Å²) in [5.74, 6) is 0.326. The van der Waals surface area contributed by atoms with Gasteiger partial charge in [-0.25, -0.2) is 14.8 Å². The number of fused-ring (bicyclic) bond motifs is 7. The SMILES string of the molecule is COC(=O)N1CCC(=O)c2c1nc1cc3[nH]c4c(nc3cc21)[nH]c1ccccc14. The molecule has 29 heavy (non-hydrogen) atoms. The molecule has 4 heterocycles. The summed E-state index contributed by atoms with van der Waals surface area (Å²) in [5, 5.41) is 1.75. The smallest absolute Gasteiger partial charge is 0.415 e. The highest BCUT2D eigenvalue weighted by Gasteiger charge is 2.32. The number of ketones is 1. The lowest BCUT2D eigenvalue weighted by Gasteiger charge is -2.23. The zero-order chi connectivity index (χ0) is 19.7. The summed E-state index contributed by atoms with van der Waals surface area (Å²) in [6.45, 7) is 0.265. The molecule has 0 bridgehead atoms. The number of methoxy groups -OCH3 is 1. The summed E-state index contributed by atoms with van der Waals surface area (Å²) in [5.41, 5.74) is 5.28. The quantitative estimate of drug-likeness (QED) is 0.421. The lowest BCUT2D eigenvalue weighted by atomic mass is 10.0. The molecule has 0 spiro atoms. The zero-order valence-corrected chi connectivity index (χ0v) is 15.4. The van der Waals surface area contributed by atoms with Crippen molar-refractivity contribution in [1.29, 1.82) is 0 Å². The van der Waals surface area contributed by atoms with Gasteiger partial charge in [0, 0.05) is 29.3 Å². The molecule has 2 N–H and O–H groups in total. The molecule has 2 aromatic carbocycles. The molecule has 8 heteroatoms. The number of para-hydroxylation sites is 1. The molecular formula is C21H15N5O3. The second kappa shape index (κ2) is 5.54. The molecule has 5 aromatic rings. The van der Waals surface area contributed by atoms with Gasteiger partial charge in [-0.2, -0.15) is 0 Å². The Morgan fingerprint density at radius 1 is 1.07 bits per heavy atom. The van der Waals surface area contributed by atoms with Crippen LogP contribution in [0.1, 0.15) is 16.8 Å². The number of anilines is 1. The number of ether oxygens (including phenoxy) is 1. The van der Waals surface area contributed by atoms with Crippen molar-refractivity contribution >= 4 is 61.7 Å². The zero-order valence-electron chi connectivity index (χ0n) is 15.4. The molecule has 0 atom stereocenters. The van der Waals surface area contributed by atoms with E-state index in [0.717, 1.165) is 33.1 Å². The number of hydrogen-bond acceptors (Lipinski definition) is 5. The summed E-state index contributed by atoms with van der Waals surface area (Å²) < 4.78 is 4.85. The fraction of sp³-hybridized carbons (Fsp3) is 0.143. The van der Waals surface area contributed by atoms with Gasteiger partial charge in [-0.15, -0.1) is 0 Å². The maximum atomic E-state index is 12.6. The van der Waals surface area contributed by atoms with E-state index in [1.807, 2.05) is 36.4 Å². The predicted molar refractivity (Wildman–Crippen MR) is 109 cm³/mol. The molecule has 1 aliphatic rings. The molecule has 0 aliphatic carbocycles. The number of carbonyl (C=O) groups is 2. The Balaban J connectivity index is 1.66. The monoisotopic (exact) mass is 385 g/mol. The number of carbonyl (C=O) groups excluding carboxylic acids is 2. The number of hydrogen-bond donors (Lipinski definition) is 2.